The number of piperazine rings is 1. The summed E-state index contributed by atoms with van der Waals surface area (Å²) < 4.78 is 6.12. The van der Waals surface area contributed by atoms with Gasteiger partial charge in [-0.1, -0.05) is 48.5 Å². The molecule has 1 aliphatic heterocycles. The van der Waals surface area contributed by atoms with E-state index in [1.54, 1.807) is 0 Å². The summed E-state index contributed by atoms with van der Waals surface area (Å²) in [6.07, 6.45) is 2.06. The van der Waals surface area contributed by atoms with Crippen LogP contribution in [0.1, 0.15) is 28.3 Å². The summed E-state index contributed by atoms with van der Waals surface area (Å²) >= 11 is 0. The lowest BCUT2D eigenvalue weighted by Crippen LogP contribution is -2.44. The fourth-order valence-electron chi connectivity index (χ4n) is 3.57. The predicted octanol–water partition coefficient (Wildman–Crippen LogP) is 4.86. The first-order chi connectivity index (χ1) is 12.2. The molecule has 1 heterocycles. The smallest absolute Gasteiger partial charge is 0.125 e. The molecule has 0 aromatic heterocycles. The first kappa shape index (κ1) is 23.5. The largest absolute Gasteiger partial charge is 0.488 e. The molecule has 0 bridgehead atoms. The summed E-state index contributed by atoms with van der Waals surface area (Å²) in [6.45, 7) is 13.1. The van der Waals surface area contributed by atoms with E-state index in [-0.39, 0.29) is 30.9 Å². The van der Waals surface area contributed by atoms with Crippen LogP contribution in [0.25, 0.3) is 0 Å². The van der Waals surface area contributed by atoms with E-state index in [1.165, 1.54) is 22.3 Å². The average molecular weight is 409 g/mol. The van der Waals surface area contributed by atoms with Crippen LogP contribution in [0.5, 0.6) is 5.75 Å². The monoisotopic (exact) mass is 408 g/mol. The van der Waals surface area contributed by atoms with Crippen LogP contribution in [0.3, 0.4) is 0 Å². The SMILES string of the molecule is C=C[C@@H](c1cc(C)c(OCc2ccccc2)c(C)c1)N1CCNCC1.Cl.Cl. The number of benzene rings is 2. The molecule has 0 unspecified atom stereocenters. The van der Waals surface area contributed by atoms with Gasteiger partial charge in [0.1, 0.15) is 12.4 Å². The fourth-order valence-corrected chi connectivity index (χ4v) is 3.57. The molecule has 1 fully saturated rings. The summed E-state index contributed by atoms with van der Waals surface area (Å²) in [5.74, 6) is 0.996. The third kappa shape index (κ3) is 5.98. The third-order valence-corrected chi connectivity index (χ3v) is 4.82. The minimum atomic E-state index is 0. The van der Waals surface area contributed by atoms with Crippen molar-refractivity contribution < 1.29 is 4.74 Å². The molecular weight excluding hydrogens is 379 g/mol. The molecule has 2 aromatic rings. The third-order valence-electron chi connectivity index (χ3n) is 4.82. The van der Waals surface area contributed by atoms with Gasteiger partial charge in [-0.25, -0.2) is 0 Å². The summed E-state index contributed by atoms with van der Waals surface area (Å²) in [7, 11) is 0. The fraction of sp³-hybridized carbons (Fsp3) is 0.364. The Morgan fingerprint density at radius 3 is 2.22 bits per heavy atom. The summed E-state index contributed by atoms with van der Waals surface area (Å²) in [5, 5.41) is 3.41. The molecule has 1 aliphatic rings. The highest BCUT2D eigenvalue weighted by atomic mass is 35.5. The molecule has 27 heavy (non-hydrogen) atoms. The Hall–Kier alpha value is -1.52. The lowest BCUT2D eigenvalue weighted by Gasteiger charge is -2.34. The van der Waals surface area contributed by atoms with E-state index < -0.39 is 0 Å². The van der Waals surface area contributed by atoms with Crippen molar-refractivity contribution in [2.45, 2.75) is 26.5 Å². The number of ether oxygens (including phenoxy) is 1. The van der Waals surface area contributed by atoms with Gasteiger partial charge in [-0.15, -0.1) is 31.4 Å². The van der Waals surface area contributed by atoms with Gasteiger partial charge in [0.25, 0.3) is 0 Å². The molecule has 1 saturated heterocycles. The Bertz CT molecular complexity index is 693. The van der Waals surface area contributed by atoms with Crippen molar-refractivity contribution in [1.29, 1.82) is 0 Å². The van der Waals surface area contributed by atoms with Crippen LogP contribution in [0.4, 0.5) is 0 Å². The molecule has 0 aliphatic carbocycles. The van der Waals surface area contributed by atoms with Crippen molar-refractivity contribution in [3.05, 3.63) is 77.4 Å². The van der Waals surface area contributed by atoms with Crippen molar-refractivity contribution >= 4 is 24.8 Å². The molecule has 0 radical (unpaired) electrons. The van der Waals surface area contributed by atoms with Gasteiger partial charge in [0.15, 0.2) is 0 Å². The van der Waals surface area contributed by atoms with Gasteiger partial charge in [0.05, 0.1) is 6.04 Å². The number of aryl methyl sites for hydroxylation is 2. The van der Waals surface area contributed by atoms with Gasteiger partial charge < -0.3 is 10.1 Å². The first-order valence-corrected chi connectivity index (χ1v) is 9.04. The Kier molecular flexibility index (Phi) is 9.89. The van der Waals surface area contributed by atoms with E-state index >= 15 is 0 Å². The normalized spacial score (nSPS) is 15.2. The van der Waals surface area contributed by atoms with Crippen molar-refractivity contribution in [3.8, 4) is 5.75 Å². The van der Waals surface area contributed by atoms with Crippen LogP contribution in [-0.4, -0.2) is 31.1 Å². The van der Waals surface area contributed by atoms with Gasteiger partial charge in [-0.05, 0) is 36.1 Å². The van der Waals surface area contributed by atoms with Gasteiger partial charge in [-0.3, -0.25) is 4.90 Å². The van der Waals surface area contributed by atoms with Crippen molar-refractivity contribution in [3.63, 3.8) is 0 Å². The van der Waals surface area contributed by atoms with Crippen LogP contribution < -0.4 is 10.1 Å². The Labute approximate surface area is 175 Å². The quantitative estimate of drug-likeness (QED) is 0.690. The number of halogens is 2. The van der Waals surface area contributed by atoms with E-state index in [1.807, 2.05) is 18.2 Å². The van der Waals surface area contributed by atoms with Gasteiger partial charge in [0.2, 0.25) is 0 Å². The number of nitrogens with zero attached hydrogens (tertiary/aromatic N) is 1. The van der Waals surface area contributed by atoms with Crippen molar-refractivity contribution in [1.82, 2.24) is 10.2 Å². The van der Waals surface area contributed by atoms with Crippen LogP contribution in [0.15, 0.2) is 55.1 Å². The molecule has 3 nitrogen and oxygen atoms in total. The van der Waals surface area contributed by atoms with Crippen molar-refractivity contribution in [2.75, 3.05) is 26.2 Å². The zero-order chi connectivity index (χ0) is 17.6. The van der Waals surface area contributed by atoms with Crippen LogP contribution in [0, 0.1) is 13.8 Å². The number of nitrogens with one attached hydrogen (secondary N) is 1. The topological polar surface area (TPSA) is 24.5 Å². The molecular formula is C22H30Cl2N2O. The van der Waals surface area contributed by atoms with Crippen LogP contribution in [0.2, 0.25) is 0 Å². The summed E-state index contributed by atoms with van der Waals surface area (Å²) in [6, 6.07) is 15.1. The zero-order valence-corrected chi connectivity index (χ0v) is 17.7. The minimum absolute atomic E-state index is 0. The zero-order valence-electron chi connectivity index (χ0n) is 16.1. The predicted molar refractivity (Wildman–Crippen MR) is 119 cm³/mol. The summed E-state index contributed by atoms with van der Waals surface area (Å²) in [5.41, 5.74) is 4.87. The molecule has 0 saturated carbocycles. The minimum Gasteiger partial charge on any atom is -0.488 e. The second-order valence-electron chi connectivity index (χ2n) is 6.72. The molecule has 3 rings (SSSR count). The van der Waals surface area contributed by atoms with Gasteiger partial charge in [-0.2, -0.15) is 0 Å². The second-order valence-corrected chi connectivity index (χ2v) is 6.72. The molecule has 1 N–H and O–H groups in total. The molecule has 1 atom stereocenters. The Morgan fingerprint density at radius 2 is 1.67 bits per heavy atom. The van der Waals surface area contributed by atoms with E-state index in [2.05, 4.69) is 61.0 Å². The van der Waals surface area contributed by atoms with Crippen LogP contribution in [-0.2, 0) is 6.61 Å². The van der Waals surface area contributed by atoms with Gasteiger partial charge >= 0.3 is 0 Å². The Morgan fingerprint density at radius 1 is 1.07 bits per heavy atom. The maximum Gasteiger partial charge on any atom is 0.125 e. The number of hydrogen-bond acceptors (Lipinski definition) is 3. The van der Waals surface area contributed by atoms with Crippen molar-refractivity contribution in [2.24, 2.45) is 0 Å². The molecule has 2 aromatic carbocycles. The van der Waals surface area contributed by atoms with Crippen LogP contribution >= 0.6 is 24.8 Å². The van der Waals surface area contributed by atoms with E-state index in [9.17, 15) is 0 Å². The lowest BCUT2D eigenvalue weighted by atomic mass is 9.98. The van der Waals surface area contributed by atoms with Gasteiger partial charge in [0, 0.05) is 26.2 Å². The lowest BCUT2D eigenvalue weighted by molar-refractivity contribution is 0.203. The highest BCUT2D eigenvalue weighted by molar-refractivity contribution is 5.85. The van der Waals surface area contributed by atoms with E-state index in [0.717, 1.165) is 31.9 Å². The molecule has 0 amide bonds. The molecule has 0 spiro atoms. The highest BCUT2D eigenvalue weighted by Gasteiger charge is 2.21. The van der Waals surface area contributed by atoms with E-state index in [0.29, 0.717) is 6.61 Å². The maximum atomic E-state index is 6.12. The second kappa shape index (κ2) is 11.4. The number of hydrogen-bond donors (Lipinski definition) is 1. The average Bonchev–Trinajstić information content (AvgIpc) is 2.63. The Balaban J connectivity index is 0.00000182. The highest BCUT2D eigenvalue weighted by Crippen LogP contribution is 2.31. The maximum absolute atomic E-state index is 6.12. The first-order valence-electron chi connectivity index (χ1n) is 9.04. The standard InChI is InChI=1S/C22H28N2O.2ClH/c1-4-21(24-12-10-23-11-13-24)20-14-17(2)22(18(3)15-20)25-16-19-8-6-5-7-9-19;;/h4-9,14-15,21,23H,1,10-13,16H2,2-3H3;2*1H/t21-;;/m0../s1. The summed E-state index contributed by atoms with van der Waals surface area (Å²) in [4.78, 5) is 2.49. The molecule has 148 valence electrons. The van der Waals surface area contributed by atoms with E-state index in [4.69, 9.17) is 4.74 Å². The number of rotatable bonds is 6. The molecule has 5 heteroatoms.